The molecule has 0 radical (unpaired) electrons. The maximum absolute atomic E-state index is 13.0. The minimum absolute atomic E-state index is 0.00852. The lowest BCUT2D eigenvalue weighted by Crippen LogP contribution is -2.36. The van der Waals surface area contributed by atoms with E-state index >= 15 is 0 Å². The third-order valence-electron chi connectivity index (χ3n) is 4.58. The molecule has 1 N–H and O–H groups in total. The minimum atomic E-state index is -0.00852. The minimum Gasteiger partial charge on any atom is -0.349 e. The average molecular weight is 385 g/mol. The molecule has 1 aromatic carbocycles. The molecule has 0 atom stereocenters. The van der Waals surface area contributed by atoms with E-state index in [1.165, 1.54) is 42.4 Å². The number of hydrogen-bond donors (Lipinski definition) is 1. The second-order valence-corrected chi connectivity index (χ2v) is 8.97. The van der Waals surface area contributed by atoms with Crippen molar-refractivity contribution in [1.29, 1.82) is 0 Å². The van der Waals surface area contributed by atoms with Gasteiger partial charge in [-0.3, -0.25) is 4.79 Å². The highest BCUT2D eigenvalue weighted by atomic mass is 32.2. The Kier molecular flexibility index (Phi) is 5.17. The zero-order valence-electron chi connectivity index (χ0n) is 14.6. The van der Waals surface area contributed by atoms with Gasteiger partial charge in [0.05, 0.1) is 11.1 Å². The van der Waals surface area contributed by atoms with E-state index in [0.717, 1.165) is 38.1 Å². The molecule has 0 unspecified atom stereocenters. The van der Waals surface area contributed by atoms with Crippen LogP contribution in [-0.4, -0.2) is 27.1 Å². The molecule has 0 saturated heterocycles. The molecule has 0 aliphatic heterocycles. The molecule has 1 aliphatic rings. The lowest BCUT2D eigenvalue weighted by Gasteiger charge is -2.23. The van der Waals surface area contributed by atoms with Crippen LogP contribution in [-0.2, 0) is 0 Å². The Balaban J connectivity index is 1.66. The number of carbonyl (C=O) groups excluding carboxylic acids is 1. The van der Waals surface area contributed by atoms with Gasteiger partial charge in [0.1, 0.15) is 10.0 Å². The molecule has 1 saturated carbocycles. The van der Waals surface area contributed by atoms with Crippen molar-refractivity contribution in [3.63, 3.8) is 0 Å². The fourth-order valence-electron chi connectivity index (χ4n) is 3.31. The van der Waals surface area contributed by atoms with E-state index in [1.807, 2.05) is 37.3 Å². The SMILES string of the molecule is Cc1nnc(Sc2cc(C(=O)NC3CCCCC3)c3ccccc3n2)s1. The molecule has 134 valence electrons. The molecule has 26 heavy (non-hydrogen) atoms. The summed E-state index contributed by atoms with van der Waals surface area (Å²) < 4.78 is 0.837. The van der Waals surface area contributed by atoms with Crippen LogP contribution in [0.4, 0.5) is 0 Å². The van der Waals surface area contributed by atoms with Crippen LogP contribution in [0.3, 0.4) is 0 Å². The van der Waals surface area contributed by atoms with E-state index in [-0.39, 0.29) is 11.9 Å². The number of rotatable bonds is 4. The number of fused-ring (bicyclic) bond motifs is 1. The number of pyridine rings is 1. The summed E-state index contributed by atoms with van der Waals surface area (Å²) in [5.74, 6) is -0.00852. The number of benzene rings is 1. The van der Waals surface area contributed by atoms with Gasteiger partial charge in [0, 0.05) is 11.4 Å². The number of nitrogens with one attached hydrogen (secondary N) is 1. The molecule has 5 nitrogen and oxygen atoms in total. The van der Waals surface area contributed by atoms with Crippen LogP contribution in [0.25, 0.3) is 10.9 Å². The number of aromatic nitrogens is 3. The molecule has 1 aliphatic carbocycles. The first-order valence-electron chi connectivity index (χ1n) is 8.87. The maximum atomic E-state index is 13.0. The van der Waals surface area contributed by atoms with Crippen LogP contribution >= 0.6 is 23.1 Å². The second kappa shape index (κ2) is 7.72. The largest absolute Gasteiger partial charge is 0.349 e. The molecule has 1 amide bonds. The van der Waals surface area contributed by atoms with Crippen molar-refractivity contribution in [2.24, 2.45) is 0 Å². The van der Waals surface area contributed by atoms with E-state index in [4.69, 9.17) is 4.98 Å². The lowest BCUT2D eigenvalue weighted by atomic mass is 9.95. The van der Waals surface area contributed by atoms with Gasteiger partial charge in [-0.1, -0.05) is 48.8 Å². The fraction of sp³-hybridized carbons (Fsp3) is 0.368. The summed E-state index contributed by atoms with van der Waals surface area (Å²) in [6, 6.07) is 9.96. The van der Waals surface area contributed by atoms with Crippen LogP contribution in [0.2, 0.25) is 0 Å². The van der Waals surface area contributed by atoms with Gasteiger partial charge < -0.3 is 5.32 Å². The Hall–Kier alpha value is -1.99. The summed E-state index contributed by atoms with van der Waals surface area (Å²) in [6.45, 7) is 1.93. The molecule has 1 fully saturated rings. The zero-order valence-corrected chi connectivity index (χ0v) is 16.2. The third-order valence-corrected chi connectivity index (χ3v) is 6.38. The first-order valence-corrected chi connectivity index (χ1v) is 10.5. The Morgan fingerprint density at radius 1 is 1.19 bits per heavy atom. The molecular formula is C19H20N4OS2. The van der Waals surface area contributed by atoms with Gasteiger partial charge in [-0.2, -0.15) is 0 Å². The van der Waals surface area contributed by atoms with E-state index in [9.17, 15) is 4.79 Å². The summed E-state index contributed by atoms with van der Waals surface area (Å²) in [4.78, 5) is 17.7. The summed E-state index contributed by atoms with van der Waals surface area (Å²) in [7, 11) is 0. The maximum Gasteiger partial charge on any atom is 0.252 e. The molecule has 2 heterocycles. The molecule has 0 bridgehead atoms. The van der Waals surface area contributed by atoms with Gasteiger partial charge in [0.2, 0.25) is 0 Å². The van der Waals surface area contributed by atoms with Gasteiger partial charge in [-0.15, -0.1) is 10.2 Å². The number of aryl methyl sites for hydroxylation is 1. The highest BCUT2D eigenvalue weighted by Gasteiger charge is 2.19. The molecular weight excluding hydrogens is 364 g/mol. The van der Waals surface area contributed by atoms with Crippen molar-refractivity contribution in [1.82, 2.24) is 20.5 Å². The average Bonchev–Trinajstić information content (AvgIpc) is 3.06. The van der Waals surface area contributed by atoms with Crippen molar-refractivity contribution in [2.45, 2.75) is 54.4 Å². The quantitative estimate of drug-likeness (QED) is 0.711. The molecule has 7 heteroatoms. The Morgan fingerprint density at radius 3 is 2.77 bits per heavy atom. The van der Waals surface area contributed by atoms with E-state index in [2.05, 4.69) is 15.5 Å². The number of hydrogen-bond acceptors (Lipinski definition) is 6. The molecule has 4 rings (SSSR count). The number of amides is 1. The van der Waals surface area contributed by atoms with Gasteiger partial charge in [0.15, 0.2) is 4.34 Å². The predicted molar refractivity (Wildman–Crippen MR) is 105 cm³/mol. The lowest BCUT2D eigenvalue weighted by molar-refractivity contribution is 0.0929. The van der Waals surface area contributed by atoms with Crippen LogP contribution < -0.4 is 5.32 Å². The summed E-state index contributed by atoms with van der Waals surface area (Å²) in [5.41, 5.74) is 1.51. The van der Waals surface area contributed by atoms with Crippen LogP contribution in [0.1, 0.15) is 47.5 Å². The second-order valence-electron chi connectivity index (χ2n) is 6.52. The van der Waals surface area contributed by atoms with Crippen molar-refractivity contribution in [3.05, 3.63) is 40.9 Å². The molecule has 2 aromatic heterocycles. The van der Waals surface area contributed by atoms with Crippen molar-refractivity contribution >= 4 is 39.9 Å². The Labute approximate surface area is 160 Å². The number of carbonyl (C=O) groups is 1. The molecule has 3 aromatic rings. The Morgan fingerprint density at radius 2 is 2.00 bits per heavy atom. The van der Waals surface area contributed by atoms with Crippen molar-refractivity contribution < 1.29 is 4.79 Å². The van der Waals surface area contributed by atoms with Crippen molar-refractivity contribution in [2.75, 3.05) is 0 Å². The van der Waals surface area contributed by atoms with E-state index in [1.54, 1.807) is 0 Å². The van der Waals surface area contributed by atoms with E-state index in [0.29, 0.717) is 5.56 Å². The summed E-state index contributed by atoms with van der Waals surface area (Å²) >= 11 is 2.99. The van der Waals surface area contributed by atoms with Crippen LogP contribution in [0.15, 0.2) is 39.7 Å². The highest BCUT2D eigenvalue weighted by molar-refractivity contribution is 8.01. The standard InChI is InChI=1S/C19H20N4OS2/c1-12-22-23-19(25-12)26-17-11-15(14-9-5-6-10-16(14)21-17)18(24)20-13-7-3-2-4-8-13/h5-6,9-11,13H,2-4,7-8H2,1H3,(H,20,24). The van der Waals surface area contributed by atoms with Crippen LogP contribution in [0, 0.1) is 6.92 Å². The van der Waals surface area contributed by atoms with Gasteiger partial charge >= 0.3 is 0 Å². The summed E-state index contributed by atoms with van der Waals surface area (Å²) in [5, 5.41) is 14.0. The van der Waals surface area contributed by atoms with Gasteiger partial charge in [-0.25, -0.2) is 4.98 Å². The monoisotopic (exact) mass is 384 g/mol. The number of nitrogens with zero attached hydrogens (tertiary/aromatic N) is 3. The van der Waals surface area contributed by atoms with Crippen LogP contribution in [0.5, 0.6) is 0 Å². The van der Waals surface area contributed by atoms with Gasteiger partial charge in [-0.05, 0) is 43.7 Å². The fourth-order valence-corrected chi connectivity index (χ4v) is 5.09. The smallest absolute Gasteiger partial charge is 0.252 e. The highest BCUT2D eigenvalue weighted by Crippen LogP contribution is 2.31. The Bertz CT molecular complexity index is 934. The normalized spacial score (nSPS) is 15.3. The number of para-hydroxylation sites is 1. The predicted octanol–water partition coefficient (Wildman–Crippen LogP) is 4.61. The summed E-state index contributed by atoms with van der Waals surface area (Å²) in [6.07, 6.45) is 5.80. The first kappa shape index (κ1) is 17.4. The third kappa shape index (κ3) is 3.88. The van der Waals surface area contributed by atoms with Crippen molar-refractivity contribution in [3.8, 4) is 0 Å². The van der Waals surface area contributed by atoms with Gasteiger partial charge in [0.25, 0.3) is 5.91 Å². The first-order chi connectivity index (χ1) is 12.7. The van der Waals surface area contributed by atoms with E-state index < -0.39 is 0 Å². The topological polar surface area (TPSA) is 67.8 Å². The molecule has 0 spiro atoms. The zero-order chi connectivity index (χ0) is 17.9.